The third-order valence-corrected chi connectivity index (χ3v) is 4.16. The fourth-order valence-corrected chi connectivity index (χ4v) is 2.88. The second-order valence-corrected chi connectivity index (χ2v) is 5.77. The summed E-state index contributed by atoms with van der Waals surface area (Å²) in [4.78, 5) is 13.9. The molecule has 2 aliphatic rings. The van der Waals surface area contributed by atoms with Gasteiger partial charge in [0.05, 0.1) is 13.7 Å². The highest BCUT2D eigenvalue weighted by Crippen LogP contribution is 2.31. The quantitative estimate of drug-likeness (QED) is 0.802. The van der Waals surface area contributed by atoms with E-state index in [0.717, 1.165) is 24.3 Å². The minimum Gasteiger partial charge on any atom is -0.463 e. The van der Waals surface area contributed by atoms with Gasteiger partial charge in [-0.15, -0.1) is 0 Å². The molecule has 1 saturated heterocycles. The molecule has 0 amide bonds. The Hall–Kier alpha value is -1.33. The van der Waals surface area contributed by atoms with Crippen LogP contribution in [0.3, 0.4) is 0 Å². The molecule has 1 atom stereocenters. The number of likely N-dealkylation sites (tertiary alicyclic amines) is 1. The van der Waals surface area contributed by atoms with Gasteiger partial charge in [-0.25, -0.2) is 4.79 Å². The van der Waals surface area contributed by atoms with Gasteiger partial charge < -0.3 is 19.4 Å². The molecule has 2 heterocycles. The molecule has 0 aromatic carbocycles. The lowest BCUT2D eigenvalue weighted by Crippen LogP contribution is -2.27. The zero-order valence-corrected chi connectivity index (χ0v) is 11.9. The molecule has 1 saturated carbocycles. The van der Waals surface area contributed by atoms with Crippen LogP contribution in [0.25, 0.3) is 0 Å². The number of carbonyl (C=O) groups excluding carboxylic acids is 1. The van der Waals surface area contributed by atoms with Crippen LogP contribution in [0.2, 0.25) is 0 Å². The maximum Gasteiger partial charge on any atom is 0.373 e. The molecule has 5 heteroatoms. The Morgan fingerprint density at radius 2 is 2.30 bits per heavy atom. The van der Waals surface area contributed by atoms with Crippen molar-refractivity contribution >= 4 is 5.97 Å². The largest absolute Gasteiger partial charge is 0.463 e. The molecule has 2 fully saturated rings. The Morgan fingerprint density at radius 1 is 1.45 bits per heavy atom. The number of nitrogens with zero attached hydrogens (tertiary/aromatic N) is 1. The molecule has 5 nitrogen and oxygen atoms in total. The van der Waals surface area contributed by atoms with Gasteiger partial charge in [-0.2, -0.15) is 0 Å². The maximum absolute atomic E-state index is 11.3. The van der Waals surface area contributed by atoms with Crippen molar-refractivity contribution in [3.63, 3.8) is 0 Å². The standard InChI is InChI=1S/C15H22N2O3/c1-19-15(18)14-5-4-13(20-14)9-16-8-11-6-7-17(10-11)12-2-3-12/h4-5,11-12,16H,2-3,6-10H2,1H3. The van der Waals surface area contributed by atoms with Crippen LogP contribution >= 0.6 is 0 Å². The molecule has 0 spiro atoms. The molecule has 1 unspecified atom stereocenters. The van der Waals surface area contributed by atoms with Gasteiger partial charge in [-0.05, 0) is 50.4 Å². The zero-order valence-electron chi connectivity index (χ0n) is 11.9. The average Bonchev–Trinajstić information content (AvgIpc) is 3.02. The van der Waals surface area contributed by atoms with E-state index in [2.05, 4.69) is 15.0 Å². The molecule has 20 heavy (non-hydrogen) atoms. The minimum atomic E-state index is -0.424. The Bertz CT molecular complexity index is 467. The number of ether oxygens (including phenoxy) is 1. The van der Waals surface area contributed by atoms with Gasteiger partial charge in [-0.3, -0.25) is 0 Å². The molecule has 0 bridgehead atoms. The monoisotopic (exact) mass is 278 g/mol. The minimum absolute atomic E-state index is 0.269. The number of esters is 1. The first-order valence-corrected chi connectivity index (χ1v) is 7.38. The molecule has 1 N–H and O–H groups in total. The second kappa shape index (κ2) is 5.97. The predicted octanol–water partition coefficient (Wildman–Crippen LogP) is 1.64. The van der Waals surface area contributed by atoms with Crippen molar-refractivity contribution in [3.05, 3.63) is 23.7 Å². The number of carbonyl (C=O) groups is 1. The van der Waals surface area contributed by atoms with E-state index in [1.807, 2.05) is 6.07 Å². The topological polar surface area (TPSA) is 54.7 Å². The van der Waals surface area contributed by atoms with Gasteiger partial charge in [-0.1, -0.05) is 0 Å². The summed E-state index contributed by atoms with van der Waals surface area (Å²) in [6, 6.07) is 4.37. The van der Waals surface area contributed by atoms with E-state index >= 15 is 0 Å². The van der Waals surface area contributed by atoms with Crippen LogP contribution in [-0.4, -0.2) is 43.7 Å². The predicted molar refractivity (Wildman–Crippen MR) is 74.5 cm³/mol. The van der Waals surface area contributed by atoms with Crippen molar-refractivity contribution in [2.75, 3.05) is 26.7 Å². The highest BCUT2D eigenvalue weighted by atomic mass is 16.5. The van der Waals surface area contributed by atoms with E-state index in [4.69, 9.17) is 4.42 Å². The van der Waals surface area contributed by atoms with Gasteiger partial charge in [0.25, 0.3) is 0 Å². The van der Waals surface area contributed by atoms with Crippen LogP contribution in [0, 0.1) is 5.92 Å². The van der Waals surface area contributed by atoms with Gasteiger partial charge in [0.2, 0.25) is 5.76 Å². The van der Waals surface area contributed by atoms with E-state index in [0.29, 0.717) is 6.54 Å². The molecule has 3 rings (SSSR count). The number of methoxy groups -OCH3 is 1. The highest BCUT2D eigenvalue weighted by molar-refractivity contribution is 5.86. The van der Waals surface area contributed by atoms with Crippen molar-refractivity contribution in [3.8, 4) is 0 Å². The Balaban J connectivity index is 1.39. The summed E-state index contributed by atoms with van der Waals surface area (Å²) in [7, 11) is 1.36. The van der Waals surface area contributed by atoms with Crippen LogP contribution in [0.5, 0.6) is 0 Å². The molecule has 1 aliphatic heterocycles. The van der Waals surface area contributed by atoms with Gasteiger partial charge in [0.1, 0.15) is 5.76 Å². The molecular formula is C15H22N2O3. The van der Waals surface area contributed by atoms with Crippen molar-refractivity contribution in [2.45, 2.75) is 31.8 Å². The normalized spacial score (nSPS) is 23.1. The fourth-order valence-electron chi connectivity index (χ4n) is 2.88. The first kappa shape index (κ1) is 13.6. The van der Waals surface area contributed by atoms with E-state index in [1.165, 1.54) is 39.5 Å². The Labute approximate surface area is 119 Å². The van der Waals surface area contributed by atoms with Crippen molar-refractivity contribution < 1.29 is 13.9 Å². The number of nitrogens with one attached hydrogen (secondary N) is 1. The van der Waals surface area contributed by atoms with E-state index in [-0.39, 0.29) is 5.76 Å². The third kappa shape index (κ3) is 3.22. The third-order valence-electron chi connectivity index (χ3n) is 4.16. The smallest absolute Gasteiger partial charge is 0.373 e. The molecular weight excluding hydrogens is 256 g/mol. The SMILES string of the molecule is COC(=O)c1ccc(CNCC2CCN(C3CC3)C2)o1. The van der Waals surface area contributed by atoms with Crippen LogP contribution in [0.15, 0.2) is 16.5 Å². The lowest BCUT2D eigenvalue weighted by atomic mass is 10.1. The van der Waals surface area contributed by atoms with Crippen LogP contribution in [0.1, 0.15) is 35.6 Å². The van der Waals surface area contributed by atoms with Crippen LogP contribution in [-0.2, 0) is 11.3 Å². The lowest BCUT2D eigenvalue weighted by Gasteiger charge is -2.14. The van der Waals surface area contributed by atoms with E-state index in [9.17, 15) is 4.79 Å². The summed E-state index contributed by atoms with van der Waals surface area (Å²) >= 11 is 0. The molecule has 1 aromatic heterocycles. The fraction of sp³-hybridized carbons (Fsp3) is 0.667. The maximum atomic E-state index is 11.3. The van der Waals surface area contributed by atoms with E-state index < -0.39 is 5.97 Å². The number of hydrogen-bond acceptors (Lipinski definition) is 5. The summed E-state index contributed by atoms with van der Waals surface area (Å²) in [6.45, 7) is 4.15. The van der Waals surface area contributed by atoms with Gasteiger partial charge in [0, 0.05) is 12.6 Å². The Morgan fingerprint density at radius 3 is 3.05 bits per heavy atom. The lowest BCUT2D eigenvalue weighted by molar-refractivity contribution is 0.0563. The van der Waals surface area contributed by atoms with Crippen LogP contribution < -0.4 is 5.32 Å². The number of hydrogen-bond donors (Lipinski definition) is 1. The van der Waals surface area contributed by atoms with E-state index in [1.54, 1.807) is 6.07 Å². The summed E-state index contributed by atoms with van der Waals surface area (Å²) in [6.07, 6.45) is 4.07. The summed E-state index contributed by atoms with van der Waals surface area (Å²) in [5, 5.41) is 3.42. The first-order valence-electron chi connectivity index (χ1n) is 7.38. The second-order valence-electron chi connectivity index (χ2n) is 5.77. The number of furan rings is 1. The molecule has 1 aliphatic carbocycles. The molecule has 0 radical (unpaired) electrons. The molecule has 1 aromatic rings. The van der Waals surface area contributed by atoms with Crippen molar-refractivity contribution in [1.82, 2.24) is 10.2 Å². The number of rotatable bonds is 6. The van der Waals surface area contributed by atoms with Crippen molar-refractivity contribution in [1.29, 1.82) is 0 Å². The average molecular weight is 278 g/mol. The Kier molecular flexibility index (Phi) is 4.08. The summed E-state index contributed by atoms with van der Waals surface area (Å²) in [5.41, 5.74) is 0. The first-order chi connectivity index (χ1) is 9.76. The van der Waals surface area contributed by atoms with Crippen LogP contribution in [0.4, 0.5) is 0 Å². The van der Waals surface area contributed by atoms with Gasteiger partial charge in [0.15, 0.2) is 0 Å². The summed E-state index contributed by atoms with van der Waals surface area (Å²) in [5.74, 6) is 1.37. The zero-order chi connectivity index (χ0) is 13.9. The van der Waals surface area contributed by atoms with Crippen molar-refractivity contribution in [2.24, 2.45) is 5.92 Å². The molecule has 110 valence electrons. The summed E-state index contributed by atoms with van der Waals surface area (Å²) < 4.78 is 10.0. The highest BCUT2D eigenvalue weighted by Gasteiger charge is 2.33. The van der Waals surface area contributed by atoms with Gasteiger partial charge >= 0.3 is 5.97 Å².